The predicted molar refractivity (Wildman–Crippen MR) is 66.4 cm³/mol. The standard InChI is InChI=1S/C6H14N2O2.C5H9NO/c7-4-2-1-3-5(8)6(9)10;1-2-3-4-6-5-7/h5H,1-4,7-8H2,(H,9,10);2-4H2,1H3/t5-;/m0./s1. The Hall–Kier alpha value is -1.23. The number of aliphatic carboxylic acids is 1. The normalized spacial score (nSPS) is 10.8. The first kappa shape index (κ1) is 18.1. The van der Waals surface area contributed by atoms with Gasteiger partial charge >= 0.3 is 5.97 Å². The highest BCUT2D eigenvalue weighted by Gasteiger charge is 2.09. The number of isocyanates is 1. The minimum atomic E-state index is -0.933. The van der Waals surface area contributed by atoms with Crippen molar-refractivity contribution in [2.75, 3.05) is 13.1 Å². The van der Waals surface area contributed by atoms with E-state index in [9.17, 15) is 9.59 Å². The third-order valence-corrected chi connectivity index (χ3v) is 1.97. The minimum Gasteiger partial charge on any atom is -0.480 e. The average molecular weight is 245 g/mol. The third-order valence-electron chi connectivity index (χ3n) is 1.97. The fraction of sp³-hybridized carbons (Fsp3) is 0.818. The highest BCUT2D eigenvalue weighted by molar-refractivity contribution is 5.72. The van der Waals surface area contributed by atoms with Crippen molar-refractivity contribution in [3.8, 4) is 0 Å². The monoisotopic (exact) mass is 245 g/mol. The van der Waals surface area contributed by atoms with Crippen molar-refractivity contribution in [2.24, 2.45) is 16.5 Å². The van der Waals surface area contributed by atoms with Gasteiger partial charge in [-0.25, -0.2) is 9.79 Å². The van der Waals surface area contributed by atoms with E-state index in [4.69, 9.17) is 16.6 Å². The van der Waals surface area contributed by atoms with Crippen LogP contribution in [-0.4, -0.2) is 36.3 Å². The van der Waals surface area contributed by atoms with Gasteiger partial charge in [0.25, 0.3) is 0 Å². The van der Waals surface area contributed by atoms with E-state index in [1.54, 1.807) is 0 Å². The first-order chi connectivity index (χ1) is 8.09. The minimum absolute atomic E-state index is 0.520. The van der Waals surface area contributed by atoms with Gasteiger partial charge < -0.3 is 16.6 Å². The molecule has 0 unspecified atom stereocenters. The van der Waals surface area contributed by atoms with Crippen LogP contribution >= 0.6 is 0 Å². The Kier molecular flexibility index (Phi) is 15.8. The molecule has 5 N–H and O–H groups in total. The van der Waals surface area contributed by atoms with Crippen LogP contribution in [0.1, 0.15) is 39.0 Å². The summed E-state index contributed by atoms with van der Waals surface area (Å²) in [5, 5.41) is 8.33. The summed E-state index contributed by atoms with van der Waals surface area (Å²) in [4.78, 5) is 22.9. The fourth-order valence-corrected chi connectivity index (χ4v) is 0.915. The van der Waals surface area contributed by atoms with E-state index in [1.165, 1.54) is 6.08 Å². The van der Waals surface area contributed by atoms with Gasteiger partial charge in [0, 0.05) is 0 Å². The number of carboxylic acid groups (broad SMARTS) is 1. The summed E-state index contributed by atoms with van der Waals surface area (Å²) in [6.07, 6.45) is 5.73. The van der Waals surface area contributed by atoms with Gasteiger partial charge in [-0.1, -0.05) is 19.8 Å². The summed E-state index contributed by atoms with van der Waals surface area (Å²) in [6.45, 7) is 3.30. The number of carbonyl (C=O) groups excluding carboxylic acids is 1. The van der Waals surface area contributed by atoms with Crippen LogP contribution in [0.4, 0.5) is 0 Å². The molecule has 0 heterocycles. The number of aliphatic imine (C=N–C) groups is 1. The van der Waals surface area contributed by atoms with Crippen LogP contribution in [0, 0.1) is 0 Å². The third kappa shape index (κ3) is 17.4. The lowest BCUT2D eigenvalue weighted by molar-refractivity contribution is -0.138. The summed E-state index contributed by atoms with van der Waals surface area (Å²) in [7, 11) is 0. The van der Waals surface area contributed by atoms with E-state index in [0.29, 0.717) is 19.5 Å². The van der Waals surface area contributed by atoms with Crippen molar-refractivity contribution < 1.29 is 14.7 Å². The van der Waals surface area contributed by atoms with Crippen molar-refractivity contribution in [2.45, 2.75) is 45.1 Å². The van der Waals surface area contributed by atoms with E-state index in [1.807, 2.05) is 0 Å². The van der Waals surface area contributed by atoms with E-state index in [-0.39, 0.29) is 0 Å². The molecule has 0 aromatic carbocycles. The molecule has 0 spiro atoms. The molecule has 0 saturated carbocycles. The summed E-state index contributed by atoms with van der Waals surface area (Å²) in [5.74, 6) is -0.933. The summed E-state index contributed by atoms with van der Waals surface area (Å²) in [6, 6.07) is -0.716. The molecule has 0 saturated heterocycles. The predicted octanol–water partition coefficient (Wildman–Crippen LogP) is 0.650. The number of nitrogens with zero attached hydrogens (tertiary/aromatic N) is 1. The molecular weight excluding hydrogens is 222 g/mol. The summed E-state index contributed by atoms with van der Waals surface area (Å²) in [5.41, 5.74) is 10.4. The lowest BCUT2D eigenvalue weighted by atomic mass is 10.1. The van der Waals surface area contributed by atoms with Gasteiger partial charge in [0.1, 0.15) is 6.04 Å². The molecule has 6 heteroatoms. The highest BCUT2D eigenvalue weighted by atomic mass is 16.4. The molecule has 0 aliphatic heterocycles. The number of carbonyl (C=O) groups is 1. The summed E-state index contributed by atoms with van der Waals surface area (Å²) >= 11 is 0. The SMILES string of the molecule is CCCCN=C=O.NCCCC[C@H](N)C(=O)O. The lowest BCUT2D eigenvalue weighted by Gasteiger charge is -2.03. The van der Waals surface area contributed by atoms with Crippen LogP contribution in [0.15, 0.2) is 4.99 Å². The van der Waals surface area contributed by atoms with E-state index in [0.717, 1.165) is 25.7 Å². The Morgan fingerprint density at radius 1 is 1.41 bits per heavy atom. The molecule has 1 atom stereocenters. The molecule has 0 radical (unpaired) electrons. The Bertz CT molecular complexity index is 228. The van der Waals surface area contributed by atoms with Gasteiger partial charge in [-0.15, -0.1) is 0 Å². The molecule has 0 aliphatic rings. The van der Waals surface area contributed by atoms with Gasteiger partial charge in [-0.2, -0.15) is 0 Å². The van der Waals surface area contributed by atoms with Crippen molar-refractivity contribution >= 4 is 12.0 Å². The maximum atomic E-state index is 10.1. The highest BCUT2D eigenvalue weighted by Crippen LogP contribution is 1.96. The van der Waals surface area contributed by atoms with E-state index < -0.39 is 12.0 Å². The first-order valence-corrected chi connectivity index (χ1v) is 5.82. The number of unbranched alkanes of at least 4 members (excludes halogenated alkanes) is 2. The van der Waals surface area contributed by atoms with Gasteiger partial charge in [0.2, 0.25) is 6.08 Å². The zero-order valence-corrected chi connectivity index (χ0v) is 10.4. The van der Waals surface area contributed by atoms with Crippen LogP contribution in [0.2, 0.25) is 0 Å². The van der Waals surface area contributed by atoms with Crippen molar-refractivity contribution in [1.29, 1.82) is 0 Å². The molecule has 0 amide bonds. The van der Waals surface area contributed by atoms with Crippen LogP contribution < -0.4 is 11.5 Å². The maximum absolute atomic E-state index is 10.1. The number of hydrogen-bond donors (Lipinski definition) is 3. The fourth-order valence-electron chi connectivity index (χ4n) is 0.915. The number of nitrogens with two attached hydrogens (primary N) is 2. The van der Waals surface area contributed by atoms with Crippen LogP contribution in [0.3, 0.4) is 0 Å². The van der Waals surface area contributed by atoms with Crippen LogP contribution in [0.25, 0.3) is 0 Å². The molecule has 0 rings (SSSR count). The first-order valence-electron chi connectivity index (χ1n) is 5.82. The van der Waals surface area contributed by atoms with Crippen molar-refractivity contribution in [3.05, 3.63) is 0 Å². The van der Waals surface area contributed by atoms with Crippen LogP contribution in [0.5, 0.6) is 0 Å². The molecule has 6 nitrogen and oxygen atoms in total. The number of carboxylic acids is 1. The van der Waals surface area contributed by atoms with E-state index >= 15 is 0 Å². The largest absolute Gasteiger partial charge is 0.480 e. The molecule has 0 aromatic heterocycles. The average Bonchev–Trinajstić information content (AvgIpc) is 2.30. The smallest absolute Gasteiger partial charge is 0.320 e. The molecule has 100 valence electrons. The molecule has 0 aromatic rings. The van der Waals surface area contributed by atoms with Crippen LogP contribution in [-0.2, 0) is 9.59 Å². The Balaban J connectivity index is 0. The molecule has 0 fully saturated rings. The second-order valence-electron chi connectivity index (χ2n) is 3.56. The Morgan fingerprint density at radius 3 is 2.47 bits per heavy atom. The topological polar surface area (TPSA) is 119 Å². The second kappa shape index (κ2) is 14.8. The number of rotatable bonds is 8. The molecule has 0 aliphatic carbocycles. The summed E-state index contributed by atoms with van der Waals surface area (Å²) < 4.78 is 0. The van der Waals surface area contributed by atoms with E-state index in [2.05, 4.69) is 11.9 Å². The van der Waals surface area contributed by atoms with Crippen molar-refractivity contribution in [1.82, 2.24) is 0 Å². The quantitative estimate of drug-likeness (QED) is 0.329. The molecule has 0 bridgehead atoms. The molecule has 17 heavy (non-hydrogen) atoms. The maximum Gasteiger partial charge on any atom is 0.320 e. The van der Waals surface area contributed by atoms with Gasteiger partial charge in [-0.3, -0.25) is 4.79 Å². The van der Waals surface area contributed by atoms with Gasteiger partial charge in [0.15, 0.2) is 0 Å². The Morgan fingerprint density at radius 2 is 2.06 bits per heavy atom. The molecular formula is C11H23N3O3. The van der Waals surface area contributed by atoms with Gasteiger partial charge in [-0.05, 0) is 25.8 Å². The van der Waals surface area contributed by atoms with Gasteiger partial charge in [0.05, 0.1) is 6.54 Å². The zero-order valence-electron chi connectivity index (χ0n) is 10.4. The Labute approximate surface area is 102 Å². The zero-order chi connectivity index (χ0) is 13.5. The number of hydrogen-bond acceptors (Lipinski definition) is 5. The van der Waals surface area contributed by atoms with Crippen molar-refractivity contribution in [3.63, 3.8) is 0 Å². The second-order valence-corrected chi connectivity index (χ2v) is 3.56. The lowest BCUT2D eigenvalue weighted by Crippen LogP contribution is -2.29.